The first-order chi connectivity index (χ1) is 12.4. The molecular weight excluding hydrogens is 337 g/mol. The Hall–Kier alpha value is -3.22. The van der Waals surface area contributed by atoms with Crippen molar-refractivity contribution in [2.45, 2.75) is 13.3 Å². The predicted octanol–water partition coefficient (Wildman–Crippen LogP) is 2.78. The van der Waals surface area contributed by atoms with Crippen LogP contribution < -0.4 is 15.5 Å². The van der Waals surface area contributed by atoms with Gasteiger partial charge in [-0.25, -0.2) is 4.39 Å². The third-order valence-electron chi connectivity index (χ3n) is 4.09. The number of amides is 3. The summed E-state index contributed by atoms with van der Waals surface area (Å²) >= 11 is 0. The number of rotatable bonds is 4. The van der Waals surface area contributed by atoms with Crippen LogP contribution >= 0.6 is 0 Å². The lowest BCUT2D eigenvalue weighted by Gasteiger charge is -2.18. The molecule has 134 valence electrons. The molecule has 6 nitrogen and oxygen atoms in total. The van der Waals surface area contributed by atoms with Crippen LogP contribution in [0.3, 0.4) is 0 Å². The van der Waals surface area contributed by atoms with Crippen molar-refractivity contribution < 1.29 is 18.8 Å². The molecule has 1 aliphatic heterocycles. The first kappa shape index (κ1) is 17.6. The van der Waals surface area contributed by atoms with Crippen LogP contribution in [0.15, 0.2) is 48.5 Å². The van der Waals surface area contributed by atoms with Crippen molar-refractivity contribution in [3.8, 4) is 0 Å². The molecule has 1 atom stereocenters. The van der Waals surface area contributed by atoms with E-state index >= 15 is 0 Å². The van der Waals surface area contributed by atoms with E-state index in [0.29, 0.717) is 17.1 Å². The number of hydrogen-bond acceptors (Lipinski definition) is 3. The van der Waals surface area contributed by atoms with Crippen LogP contribution in [0.5, 0.6) is 0 Å². The molecule has 0 aromatic heterocycles. The molecular formula is C19H18FN3O3. The zero-order chi connectivity index (χ0) is 18.7. The Labute approximate surface area is 150 Å². The average molecular weight is 355 g/mol. The molecule has 0 saturated carbocycles. The van der Waals surface area contributed by atoms with Gasteiger partial charge in [0.2, 0.25) is 17.7 Å². The normalized spacial score (nSPS) is 16.5. The summed E-state index contributed by atoms with van der Waals surface area (Å²) in [4.78, 5) is 37.4. The largest absolute Gasteiger partial charge is 0.326 e. The maximum atomic E-state index is 12.9. The number of benzene rings is 2. The van der Waals surface area contributed by atoms with E-state index in [2.05, 4.69) is 10.6 Å². The Bertz CT molecular complexity index is 851. The van der Waals surface area contributed by atoms with E-state index in [9.17, 15) is 18.8 Å². The minimum Gasteiger partial charge on any atom is -0.326 e. The molecule has 0 unspecified atom stereocenters. The van der Waals surface area contributed by atoms with E-state index in [1.54, 1.807) is 24.3 Å². The summed E-state index contributed by atoms with van der Waals surface area (Å²) in [5.74, 6) is -1.54. The molecule has 2 aromatic carbocycles. The molecule has 2 aromatic rings. The first-order valence-corrected chi connectivity index (χ1v) is 8.17. The van der Waals surface area contributed by atoms with Gasteiger partial charge in [-0.15, -0.1) is 0 Å². The van der Waals surface area contributed by atoms with E-state index in [1.807, 2.05) is 0 Å². The smallest absolute Gasteiger partial charge is 0.229 e. The topological polar surface area (TPSA) is 78.5 Å². The second-order valence-corrected chi connectivity index (χ2v) is 6.13. The van der Waals surface area contributed by atoms with Crippen LogP contribution in [-0.2, 0) is 14.4 Å². The maximum absolute atomic E-state index is 12.9. The summed E-state index contributed by atoms with van der Waals surface area (Å²) in [5, 5.41) is 5.37. The standard InChI is InChI=1S/C19H18FN3O3/c1-12(24)21-16-3-2-4-17(10-16)23-11-13(9-18(23)25)19(26)22-15-7-5-14(20)6-8-15/h2-8,10,13H,9,11H2,1H3,(H,21,24)(H,22,26)/t13-/m1/s1. The van der Waals surface area contributed by atoms with Crippen LogP contribution in [0.2, 0.25) is 0 Å². The lowest BCUT2D eigenvalue weighted by Crippen LogP contribution is -2.28. The van der Waals surface area contributed by atoms with Gasteiger partial charge in [-0.2, -0.15) is 0 Å². The van der Waals surface area contributed by atoms with Crippen LogP contribution in [0, 0.1) is 11.7 Å². The van der Waals surface area contributed by atoms with Crippen molar-refractivity contribution in [2.24, 2.45) is 5.92 Å². The number of halogens is 1. The summed E-state index contributed by atoms with van der Waals surface area (Å²) in [6.45, 7) is 1.65. The number of nitrogens with one attached hydrogen (secondary N) is 2. The third kappa shape index (κ3) is 4.05. The molecule has 2 N–H and O–H groups in total. The Morgan fingerprint density at radius 3 is 2.50 bits per heavy atom. The Morgan fingerprint density at radius 1 is 1.08 bits per heavy atom. The molecule has 3 amide bonds. The summed E-state index contributed by atoms with van der Waals surface area (Å²) in [6, 6.07) is 12.4. The molecule has 1 heterocycles. The minimum atomic E-state index is -0.503. The van der Waals surface area contributed by atoms with Crippen molar-refractivity contribution in [3.63, 3.8) is 0 Å². The van der Waals surface area contributed by atoms with Gasteiger partial charge in [0.05, 0.1) is 5.92 Å². The van der Waals surface area contributed by atoms with E-state index in [4.69, 9.17) is 0 Å². The fourth-order valence-corrected chi connectivity index (χ4v) is 2.87. The summed E-state index contributed by atoms with van der Waals surface area (Å²) in [7, 11) is 0. The van der Waals surface area contributed by atoms with Crippen LogP contribution in [-0.4, -0.2) is 24.3 Å². The number of anilines is 3. The predicted molar refractivity (Wildman–Crippen MR) is 96.2 cm³/mol. The van der Waals surface area contributed by atoms with Crippen LogP contribution in [0.1, 0.15) is 13.3 Å². The summed E-state index contributed by atoms with van der Waals surface area (Å²) in [5.41, 5.74) is 1.69. The molecule has 3 rings (SSSR count). The number of nitrogens with zero attached hydrogens (tertiary/aromatic N) is 1. The van der Waals surface area contributed by atoms with Crippen molar-refractivity contribution in [1.82, 2.24) is 0 Å². The van der Waals surface area contributed by atoms with Gasteiger partial charge in [0.15, 0.2) is 0 Å². The van der Waals surface area contributed by atoms with Gasteiger partial charge in [-0.3, -0.25) is 14.4 Å². The molecule has 0 radical (unpaired) electrons. The van der Waals surface area contributed by atoms with Gasteiger partial charge in [0.25, 0.3) is 0 Å². The van der Waals surface area contributed by atoms with Gasteiger partial charge in [-0.1, -0.05) is 6.07 Å². The third-order valence-corrected chi connectivity index (χ3v) is 4.09. The number of carbonyl (C=O) groups is 3. The van der Waals surface area contributed by atoms with Crippen LogP contribution in [0.4, 0.5) is 21.5 Å². The summed E-state index contributed by atoms with van der Waals surface area (Å²) < 4.78 is 12.9. The molecule has 1 saturated heterocycles. The second kappa shape index (κ2) is 7.35. The maximum Gasteiger partial charge on any atom is 0.229 e. The quantitative estimate of drug-likeness (QED) is 0.885. The van der Waals surface area contributed by atoms with Crippen molar-refractivity contribution in [1.29, 1.82) is 0 Å². The SMILES string of the molecule is CC(=O)Nc1cccc(N2C[C@H](C(=O)Nc3ccc(F)cc3)CC2=O)c1. The van der Waals surface area contributed by atoms with E-state index in [1.165, 1.54) is 36.1 Å². The van der Waals surface area contributed by atoms with Crippen molar-refractivity contribution >= 4 is 34.8 Å². The van der Waals surface area contributed by atoms with E-state index in [0.717, 1.165) is 0 Å². The first-order valence-electron chi connectivity index (χ1n) is 8.17. The lowest BCUT2D eigenvalue weighted by molar-refractivity contribution is -0.122. The highest BCUT2D eigenvalue weighted by molar-refractivity contribution is 6.04. The second-order valence-electron chi connectivity index (χ2n) is 6.13. The fraction of sp³-hybridized carbons (Fsp3) is 0.211. The van der Waals surface area contributed by atoms with Gasteiger partial charge < -0.3 is 15.5 Å². The Kier molecular flexibility index (Phi) is 4.97. The zero-order valence-corrected chi connectivity index (χ0v) is 14.2. The molecule has 1 fully saturated rings. The highest BCUT2D eigenvalue weighted by atomic mass is 19.1. The van der Waals surface area contributed by atoms with Gasteiger partial charge in [-0.05, 0) is 42.5 Å². The molecule has 0 aliphatic carbocycles. The molecule has 0 spiro atoms. The lowest BCUT2D eigenvalue weighted by atomic mass is 10.1. The molecule has 26 heavy (non-hydrogen) atoms. The summed E-state index contributed by atoms with van der Waals surface area (Å²) in [6.07, 6.45) is 0.0946. The monoisotopic (exact) mass is 355 g/mol. The number of hydrogen-bond donors (Lipinski definition) is 2. The molecule has 7 heteroatoms. The van der Waals surface area contributed by atoms with E-state index < -0.39 is 5.92 Å². The average Bonchev–Trinajstić information content (AvgIpc) is 2.98. The minimum absolute atomic E-state index is 0.0946. The zero-order valence-electron chi connectivity index (χ0n) is 14.2. The van der Waals surface area contributed by atoms with Crippen molar-refractivity contribution in [3.05, 3.63) is 54.3 Å². The van der Waals surface area contributed by atoms with Crippen molar-refractivity contribution in [2.75, 3.05) is 22.1 Å². The van der Waals surface area contributed by atoms with Gasteiger partial charge in [0.1, 0.15) is 5.82 Å². The molecule has 0 bridgehead atoms. The van der Waals surface area contributed by atoms with E-state index in [-0.39, 0.29) is 36.5 Å². The van der Waals surface area contributed by atoms with Crippen LogP contribution in [0.25, 0.3) is 0 Å². The van der Waals surface area contributed by atoms with Gasteiger partial charge >= 0.3 is 0 Å². The highest BCUT2D eigenvalue weighted by Crippen LogP contribution is 2.28. The Balaban J connectivity index is 1.69. The highest BCUT2D eigenvalue weighted by Gasteiger charge is 2.35. The molecule has 1 aliphatic rings. The van der Waals surface area contributed by atoms with Gasteiger partial charge in [0, 0.05) is 37.0 Å². The number of carbonyl (C=O) groups excluding carboxylic acids is 3. The fourth-order valence-electron chi connectivity index (χ4n) is 2.87. The Morgan fingerprint density at radius 2 is 1.81 bits per heavy atom.